The van der Waals surface area contributed by atoms with Crippen molar-refractivity contribution in [3.8, 4) is 0 Å². The standard InChI is InChI=1S/C13H17F3N2O2S/c14-13(15,16)10-4-9(7-21-10)6-18-3-1-2-12(20,8-18)5-11(17)19/h4,7,20H,1-3,5-6,8H2,(H2,17,19). The van der Waals surface area contributed by atoms with Gasteiger partial charge in [0.1, 0.15) is 4.88 Å². The van der Waals surface area contributed by atoms with Crippen molar-refractivity contribution in [3.63, 3.8) is 0 Å². The molecule has 0 aromatic carbocycles. The Balaban J connectivity index is 1.99. The molecule has 3 N–H and O–H groups in total. The van der Waals surface area contributed by atoms with Crippen molar-refractivity contribution >= 4 is 17.2 Å². The molecule has 1 aliphatic rings. The zero-order valence-electron chi connectivity index (χ0n) is 11.3. The third-order valence-electron chi connectivity index (χ3n) is 3.48. The molecule has 1 aromatic heterocycles. The molecule has 2 heterocycles. The fourth-order valence-electron chi connectivity index (χ4n) is 2.67. The maximum Gasteiger partial charge on any atom is 0.425 e. The van der Waals surface area contributed by atoms with Crippen LogP contribution in [0.4, 0.5) is 13.2 Å². The van der Waals surface area contributed by atoms with Crippen LogP contribution in [-0.2, 0) is 17.5 Å². The van der Waals surface area contributed by atoms with E-state index in [1.165, 1.54) is 5.38 Å². The van der Waals surface area contributed by atoms with Gasteiger partial charge in [0.25, 0.3) is 0 Å². The molecule has 0 saturated carbocycles. The summed E-state index contributed by atoms with van der Waals surface area (Å²) < 4.78 is 37.7. The van der Waals surface area contributed by atoms with Crippen LogP contribution in [0.2, 0.25) is 0 Å². The van der Waals surface area contributed by atoms with Gasteiger partial charge in [-0.15, -0.1) is 11.3 Å². The molecule has 4 nitrogen and oxygen atoms in total. The Kier molecular flexibility index (Phi) is 4.60. The van der Waals surface area contributed by atoms with Crippen LogP contribution in [0.15, 0.2) is 11.4 Å². The van der Waals surface area contributed by atoms with Crippen LogP contribution in [0.5, 0.6) is 0 Å². The summed E-state index contributed by atoms with van der Waals surface area (Å²) >= 11 is 0.667. The lowest BCUT2D eigenvalue weighted by molar-refractivity contribution is -0.134. The molecule has 118 valence electrons. The number of hydrogen-bond acceptors (Lipinski definition) is 4. The van der Waals surface area contributed by atoms with E-state index in [0.29, 0.717) is 42.8 Å². The molecule has 21 heavy (non-hydrogen) atoms. The molecule has 1 amide bonds. The second-order valence-electron chi connectivity index (χ2n) is 5.50. The Morgan fingerprint density at radius 1 is 1.52 bits per heavy atom. The summed E-state index contributed by atoms with van der Waals surface area (Å²) in [6, 6.07) is 1.13. The summed E-state index contributed by atoms with van der Waals surface area (Å²) in [6.07, 6.45) is -3.29. The molecule has 0 bridgehead atoms. The first kappa shape index (κ1) is 16.3. The van der Waals surface area contributed by atoms with Crippen molar-refractivity contribution in [1.82, 2.24) is 4.90 Å². The number of aliphatic hydroxyl groups is 1. The summed E-state index contributed by atoms with van der Waals surface area (Å²) in [5.41, 5.74) is 4.51. The highest BCUT2D eigenvalue weighted by Gasteiger charge is 2.36. The molecular formula is C13H17F3N2O2S. The van der Waals surface area contributed by atoms with Crippen LogP contribution in [0, 0.1) is 0 Å². The maximum absolute atomic E-state index is 12.6. The number of hydrogen-bond donors (Lipinski definition) is 2. The van der Waals surface area contributed by atoms with Gasteiger partial charge in [0.05, 0.1) is 12.0 Å². The summed E-state index contributed by atoms with van der Waals surface area (Å²) in [7, 11) is 0. The molecule has 1 atom stereocenters. The van der Waals surface area contributed by atoms with Crippen LogP contribution in [0.25, 0.3) is 0 Å². The van der Waals surface area contributed by atoms with Gasteiger partial charge >= 0.3 is 6.18 Å². The summed E-state index contributed by atoms with van der Waals surface area (Å²) in [5.74, 6) is -0.575. The molecule has 1 saturated heterocycles. The van der Waals surface area contributed by atoms with E-state index in [4.69, 9.17) is 5.73 Å². The predicted molar refractivity (Wildman–Crippen MR) is 72.6 cm³/mol. The number of halogens is 3. The van der Waals surface area contributed by atoms with E-state index in [1.54, 1.807) is 0 Å². The molecule has 0 radical (unpaired) electrons. The first-order valence-electron chi connectivity index (χ1n) is 6.56. The minimum Gasteiger partial charge on any atom is -0.388 e. The Hall–Kier alpha value is -1.12. The number of thiophene rings is 1. The van der Waals surface area contributed by atoms with Crippen molar-refractivity contribution in [2.75, 3.05) is 13.1 Å². The average Bonchev–Trinajstić information content (AvgIpc) is 2.75. The summed E-state index contributed by atoms with van der Waals surface area (Å²) in [6.45, 7) is 1.25. The molecule has 1 aliphatic heterocycles. The Morgan fingerprint density at radius 3 is 2.81 bits per heavy atom. The smallest absolute Gasteiger partial charge is 0.388 e. The Morgan fingerprint density at radius 2 is 2.24 bits per heavy atom. The van der Waals surface area contributed by atoms with E-state index < -0.39 is 22.6 Å². The van der Waals surface area contributed by atoms with Gasteiger partial charge in [-0.25, -0.2) is 0 Å². The van der Waals surface area contributed by atoms with Crippen molar-refractivity contribution in [2.45, 2.75) is 37.6 Å². The van der Waals surface area contributed by atoms with Gasteiger partial charge in [-0.1, -0.05) is 0 Å². The van der Waals surface area contributed by atoms with Crippen LogP contribution >= 0.6 is 11.3 Å². The van der Waals surface area contributed by atoms with Crippen LogP contribution < -0.4 is 5.73 Å². The molecular weight excluding hydrogens is 305 g/mol. The Labute approximate surface area is 124 Å². The zero-order chi connectivity index (χ0) is 15.7. The number of amides is 1. The number of likely N-dealkylation sites (tertiary alicyclic amines) is 1. The SMILES string of the molecule is NC(=O)CC1(O)CCCN(Cc2csc(C(F)(F)F)c2)C1. The van der Waals surface area contributed by atoms with Crippen molar-refractivity contribution in [2.24, 2.45) is 5.73 Å². The minimum atomic E-state index is -4.32. The van der Waals surface area contributed by atoms with Crippen molar-refractivity contribution < 1.29 is 23.1 Å². The number of primary amides is 1. The molecule has 0 spiro atoms. The number of nitrogens with zero attached hydrogens (tertiary/aromatic N) is 1. The van der Waals surface area contributed by atoms with Crippen LogP contribution in [-0.4, -0.2) is 34.6 Å². The highest BCUT2D eigenvalue weighted by Crippen LogP contribution is 2.35. The van der Waals surface area contributed by atoms with E-state index in [-0.39, 0.29) is 13.0 Å². The van der Waals surface area contributed by atoms with Crippen LogP contribution in [0.3, 0.4) is 0 Å². The highest BCUT2D eigenvalue weighted by atomic mass is 32.1. The highest BCUT2D eigenvalue weighted by molar-refractivity contribution is 7.10. The van der Waals surface area contributed by atoms with Gasteiger partial charge in [0.2, 0.25) is 5.91 Å². The second-order valence-corrected chi connectivity index (χ2v) is 6.41. The van der Waals surface area contributed by atoms with Crippen LogP contribution in [0.1, 0.15) is 29.7 Å². The largest absolute Gasteiger partial charge is 0.425 e. The lowest BCUT2D eigenvalue weighted by Gasteiger charge is -2.38. The molecule has 1 unspecified atom stereocenters. The summed E-state index contributed by atoms with van der Waals surface area (Å²) in [4.78, 5) is 12.2. The van der Waals surface area contributed by atoms with Gasteiger partial charge in [0.15, 0.2) is 0 Å². The normalized spacial score (nSPS) is 24.2. The van der Waals surface area contributed by atoms with E-state index >= 15 is 0 Å². The number of piperidine rings is 1. The van der Waals surface area contributed by atoms with Gasteiger partial charge < -0.3 is 10.8 Å². The van der Waals surface area contributed by atoms with E-state index in [9.17, 15) is 23.1 Å². The first-order valence-corrected chi connectivity index (χ1v) is 7.44. The van der Waals surface area contributed by atoms with Crippen molar-refractivity contribution in [3.05, 3.63) is 21.9 Å². The number of nitrogens with two attached hydrogens (primary N) is 1. The van der Waals surface area contributed by atoms with Crippen molar-refractivity contribution in [1.29, 1.82) is 0 Å². The first-order chi connectivity index (χ1) is 9.68. The summed E-state index contributed by atoms with van der Waals surface area (Å²) in [5, 5.41) is 11.8. The quantitative estimate of drug-likeness (QED) is 0.891. The predicted octanol–water partition coefficient (Wildman–Crippen LogP) is 1.97. The molecule has 1 aromatic rings. The number of alkyl halides is 3. The minimum absolute atomic E-state index is 0.124. The lowest BCUT2D eigenvalue weighted by Crippen LogP contribution is -2.49. The third kappa shape index (κ3) is 4.42. The third-order valence-corrected chi connectivity index (χ3v) is 4.50. The Bertz CT molecular complexity index is 518. The maximum atomic E-state index is 12.6. The number of carbonyl (C=O) groups excluding carboxylic acids is 1. The molecule has 2 rings (SSSR count). The number of carbonyl (C=O) groups is 1. The van der Waals surface area contributed by atoms with Gasteiger partial charge in [-0.2, -0.15) is 13.2 Å². The lowest BCUT2D eigenvalue weighted by atomic mass is 9.89. The molecule has 8 heteroatoms. The number of β-amino-alcohol motifs (C(OH)–C–C–N with tert-alkyl or cyclic N) is 1. The molecule has 1 fully saturated rings. The van der Waals surface area contributed by atoms with Gasteiger partial charge in [0, 0.05) is 13.1 Å². The van der Waals surface area contributed by atoms with E-state index in [0.717, 1.165) is 6.07 Å². The number of rotatable bonds is 4. The van der Waals surface area contributed by atoms with Gasteiger partial charge in [-0.3, -0.25) is 9.69 Å². The fourth-order valence-corrected chi connectivity index (χ4v) is 3.45. The van der Waals surface area contributed by atoms with E-state index in [1.807, 2.05) is 4.90 Å². The topological polar surface area (TPSA) is 66.6 Å². The fraction of sp³-hybridized carbons (Fsp3) is 0.615. The van der Waals surface area contributed by atoms with Gasteiger partial charge in [-0.05, 0) is 36.4 Å². The second kappa shape index (κ2) is 5.94. The van der Waals surface area contributed by atoms with E-state index in [2.05, 4.69) is 0 Å². The monoisotopic (exact) mass is 322 g/mol. The zero-order valence-corrected chi connectivity index (χ0v) is 12.1. The average molecular weight is 322 g/mol. The molecule has 0 aliphatic carbocycles.